The lowest BCUT2D eigenvalue weighted by molar-refractivity contribution is 0.128. The van der Waals surface area contributed by atoms with Gasteiger partial charge in [-0.05, 0) is 18.8 Å². The van der Waals surface area contributed by atoms with Crippen molar-refractivity contribution in [3.8, 4) is 0 Å². The largest absolute Gasteiger partial charge is 0.247 e. The summed E-state index contributed by atoms with van der Waals surface area (Å²) in [5.41, 5.74) is 0. The van der Waals surface area contributed by atoms with E-state index < -0.39 is 6.17 Å². The van der Waals surface area contributed by atoms with Crippen LogP contribution in [-0.2, 0) is 0 Å². The normalized spacial score (nSPS) is 45.0. The van der Waals surface area contributed by atoms with E-state index in [9.17, 15) is 4.39 Å². The molecule has 1 fully saturated rings. The van der Waals surface area contributed by atoms with Crippen LogP contribution >= 0.6 is 0 Å². The zero-order valence-electron chi connectivity index (χ0n) is 3.95. The van der Waals surface area contributed by atoms with E-state index in [0.29, 0.717) is 5.92 Å². The highest BCUT2D eigenvalue weighted by Crippen LogP contribution is 2.28. The van der Waals surface area contributed by atoms with Gasteiger partial charge in [0.2, 0.25) is 0 Å². The fourth-order valence-electron chi connectivity index (χ4n) is 0.626. The molecule has 2 atom stereocenters. The highest BCUT2D eigenvalue weighted by atomic mass is 19.1. The van der Waals surface area contributed by atoms with E-state index in [4.69, 9.17) is 0 Å². The van der Waals surface area contributed by atoms with Gasteiger partial charge in [0.15, 0.2) is 0 Å². The highest BCUT2D eigenvalue weighted by Gasteiger charge is 2.25. The van der Waals surface area contributed by atoms with Gasteiger partial charge in [-0.15, -0.1) is 0 Å². The summed E-state index contributed by atoms with van der Waals surface area (Å²) in [6.45, 7) is 1.95. The van der Waals surface area contributed by atoms with Crippen LogP contribution < -0.4 is 0 Å². The summed E-state index contributed by atoms with van der Waals surface area (Å²) in [7, 11) is 0. The first-order valence-electron chi connectivity index (χ1n) is 2.45. The van der Waals surface area contributed by atoms with Crippen LogP contribution in [0.1, 0.15) is 19.8 Å². The minimum atomic E-state index is -0.468. The summed E-state index contributed by atoms with van der Waals surface area (Å²) in [6.07, 6.45) is 1.44. The van der Waals surface area contributed by atoms with Crippen LogP contribution in [0.25, 0.3) is 0 Å². The fourth-order valence-corrected chi connectivity index (χ4v) is 0.626. The molecule has 1 heteroatoms. The van der Waals surface area contributed by atoms with Crippen molar-refractivity contribution in [1.29, 1.82) is 0 Å². The Morgan fingerprint density at radius 3 is 2.00 bits per heavy atom. The number of hydrogen-bond acceptors (Lipinski definition) is 0. The minimum Gasteiger partial charge on any atom is -0.247 e. The molecule has 0 aliphatic heterocycles. The Bertz CT molecular complexity index is 43.9. The molecule has 1 aliphatic rings. The van der Waals surface area contributed by atoms with Crippen LogP contribution in [-0.4, -0.2) is 6.17 Å². The van der Waals surface area contributed by atoms with Gasteiger partial charge in [0.1, 0.15) is 6.17 Å². The SMILES string of the molecule is C[C@@H]1CCC1F. The molecule has 0 radical (unpaired) electrons. The molecule has 0 nitrogen and oxygen atoms in total. The van der Waals surface area contributed by atoms with Gasteiger partial charge < -0.3 is 0 Å². The molecule has 0 aromatic rings. The number of alkyl halides is 1. The first-order valence-corrected chi connectivity index (χ1v) is 2.45. The summed E-state index contributed by atoms with van der Waals surface area (Å²) in [6, 6.07) is 0. The van der Waals surface area contributed by atoms with Gasteiger partial charge in [0, 0.05) is 0 Å². The molecule has 0 saturated heterocycles. The summed E-state index contributed by atoms with van der Waals surface area (Å²) < 4.78 is 11.9. The smallest absolute Gasteiger partial charge is 0.103 e. The minimum absolute atomic E-state index is 0.366. The highest BCUT2D eigenvalue weighted by molar-refractivity contribution is 4.75. The van der Waals surface area contributed by atoms with Crippen molar-refractivity contribution < 1.29 is 4.39 Å². The van der Waals surface area contributed by atoms with Crippen LogP contribution in [0.15, 0.2) is 0 Å². The van der Waals surface area contributed by atoms with Gasteiger partial charge >= 0.3 is 0 Å². The lowest BCUT2D eigenvalue weighted by atomic mass is 9.85. The zero-order valence-corrected chi connectivity index (χ0v) is 3.95. The first-order chi connectivity index (χ1) is 2.80. The maximum atomic E-state index is 11.9. The average Bonchev–Trinajstić information content (AvgIpc) is 1.61. The molecule has 1 saturated carbocycles. The Morgan fingerprint density at radius 2 is 2.00 bits per heavy atom. The average molecular weight is 88.1 g/mol. The van der Waals surface area contributed by atoms with Gasteiger partial charge in [0.25, 0.3) is 0 Å². The molecule has 0 bridgehead atoms. The second kappa shape index (κ2) is 1.21. The lowest BCUT2D eigenvalue weighted by Crippen LogP contribution is -2.23. The van der Waals surface area contributed by atoms with E-state index in [1.807, 2.05) is 6.92 Å². The Morgan fingerprint density at radius 1 is 1.50 bits per heavy atom. The van der Waals surface area contributed by atoms with Crippen molar-refractivity contribution in [1.82, 2.24) is 0 Å². The Kier molecular flexibility index (Phi) is 0.827. The molecule has 1 unspecified atom stereocenters. The molecule has 36 valence electrons. The van der Waals surface area contributed by atoms with Gasteiger partial charge in [-0.25, -0.2) is 4.39 Å². The van der Waals surface area contributed by atoms with Crippen LogP contribution in [0.4, 0.5) is 4.39 Å². The second-order valence-electron chi connectivity index (χ2n) is 2.07. The van der Waals surface area contributed by atoms with Gasteiger partial charge in [-0.3, -0.25) is 0 Å². The Labute approximate surface area is 37.4 Å². The predicted octanol–water partition coefficient (Wildman–Crippen LogP) is 1.75. The number of halogens is 1. The Balaban J connectivity index is 2.20. The van der Waals surface area contributed by atoms with Crippen LogP contribution in [0.2, 0.25) is 0 Å². The van der Waals surface area contributed by atoms with E-state index in [2.05, 4.69) is 0 Å². The molecule has 0 spiro atoms. The molecule has 0 aromatic carbocycles. The molecule has 0 N–H and O–H groups in total. The Hall–Kier alpha value is -0.0700. The van der Waals surface area contributed by atoms with Crippen molar-refractivity contribution in [2.75, 3.05) is 0 Å². The third-order valence-corrected chi connectivity index (χ3v) is 1.52. The van der Waals surface area contributed by atoms with Crippen molar-refractivity contribution in [3.05, 3.63) is 0 Å². The van der Waals surface area contributed by atoms with Crippen LogP contribution in [0.5, 0.6) is 0 Å². The second-order valence-corrected chi connectivity index (χ2v) is 2.07. The maximum absolute atomic E-state index is 11.9. The van der Waals surface area contributed by atoms with Gasteiger partial charge in [-0.1, -0.05) is 6.92 Å². The number of rotatable bonds is 0. The van der Waals surface area contributed by atoms with Gasteiger partial charge in [-0.2, -0.15) is 0 Å². The summed E-state index contributed by atoms with van der Waals surface area (Å²) in [5, 5.41) is 0. The van der Waals surface area contributed by atoms with E-state index >= 15 is 0 Å². The lowest BCUT2D eigenvalue weighted by Gasteiger charge is -2.25. The fraction of sp³-hybridized carbons (Fsp3) is 1.00. The van der Waals surface area contributed by atoms with Crippen molar-refractivity contribution >= 4 is 0 Å². The third kappa shape index (κ3) is 0.423. The van der Waals surface area contributed by atoms with E-state index in [1.165, 1.54) is 0 Å². The van der Waals surface area contributed by atoms with Crippen LogP contribution in [0, 0.1) is 5.92 Å². The van der Waals surface area contributed by atoms with Gasteiger partial charge in [0.05, 0.1) is 0 Å². The molecular weight excluding hydrogens is 79.1 g/mol. The maximum Gasteiger partial charge on any atom is 0.103 e. The zero-order chi connectivity index (χ0) is 4.57. The first kappa shape index (κ1) is 4.10. The quantitative estimate of drug-likeness (QED) is 0.423. The summed E-state index contributed by atoms with van der Waals surface area (Å²) in [4.78, 5) is 0. The monoisotopic (exact) mass is 88.1 g/mol. The van der Waals surface area contributed by atoms with E-state index in [0.717, 1.165) is 12.8 Å². The topological polar surface area (TPSA) is 0 Å². The predicted molar refractivity (Wildman–Crippen MR) is 23.3 cm³/mol. The van der Waals surface area contributed by atoms with Crippen molar-refractivity contribution in [2.45, 2.75) is 25.9 Å². The summed E-state index contributed by atoms with van der Waals surface area (Å²) in [5.74, 6) is 0.366. The third-order valence-electron chi connectivity index (χ3n) is 1.52. The molecule has 0 heterocycles. The van der Waals surface area contributed by atoms with Crippen LogP contribution in [0.3, 0.4) is 0 Å². The van der Waals surface area contributed by atoms with E-state index in [-0.39, 0.29) is 0 Å². The number of hydrogen-bond donors (Lipinski definition) is 0. The van der Waals surface area contributed by atoms with E-state index in [1.54, 1.807) is 0 Å². The molecular formula is C5H9F. The molecule has 1 aliphatic carbocycles. The van der Waals surface area contributed by atoms with Crippen molar-refractivity contribution in [2.24, 2.45) is 5.92 Å². The molecule has 1 rings (SSSR count). The molecule has 0 aromatic heterocycles. The standard InChI is InChI=1S/C5H9F/c1-4-2-3-5(4)6/h4-5H,2-3H2,1H3/t4-,5?/m1/s1. The molecule has 6 heavy (non-hydrogen) atoms. The molecule has 0 amide bonds. The van der Waals surface area contributed by atoms with Crippen molar-refractivity contribution in [3.63, 3.8) is 0 Å². The summed E-state index contributed by atoms with van der Waals surface area (Å²) >= 11 is 0.